The monoisotopic (exact) mass is 264 g/mol. The third kappa shape index (κ3) is 1.87. The van der Waals surface area contributed by atoms with Crippen molar-refractivity contribution in [3.63, 3.8) is 0 Å². The average Bonchev–Trinajstić information content (AvgIpc) is 3.01. The van der Waals surface area contributed by atoms with E-state index in [4.69, 9.17) is 4.98 Å². The lowest BCUT2D eigenvalue weighted by atomic mass is 9.91. The summed E-state index contributed by atoms with van der Waals surface area (Å²) in [6.07, 6.45) is 4.96. The predicted octanol–water partition coefficient (Wildman–Crippen LogP) is 3.24. The van der Waals surface area contributed by atoms with Crippen LogP contribution in [-0.2, 0) is 5.41 Å². The number of hydrogen-bond acceptors (Lipinski definition) is 4. The Morgan fingerprint density at radius 1 is 1.39 bits per heavy atom. The highest BCUT2D eigenvalue weighted by Crippen LogP contribution is 2.42. The number of rotatable bonds is 2. The SMILES string of the molecule is CC(C)(C)c1nc(N2CC3CCC2C3)sc1C=O. The van der Waals surface area contributed by atoms with Crippen molar-refractivity contribution < 1.29 is 4.79 Å². The molecule has 2 aliphatic rings. The Morgan fingerprint density at radius 3 is 2.61 bits per heavy atom. The van der Waals surface area contributed by atoms with E-state index < -0.39 is 0 Å². The first kappa shape index (κ1) is 12.2. The van der Waals surface area contributed by atoms with Crippen molar-refractivity contribution in [2.45, 2.75) is 51.5 Å². The van der Waals surface area contributed by atoms with Crippen LogP contribution in [-0.4, -0.2) is 23.9 Å². The second-order valence-corrected chi connectivity index (χ2v) is 7.57. The van der Waals surface area contributed by atoms with E-state index in [0.29, 0.717) is 6.04 Å². The van der Waals surface area contributed by atoms with Crippen LogP contribution < -0.4 is 4.90 Å². The summed E-state index contributed by atoms with van der Waals surface area (Å²) in [7, 11) is 0. The summed E-state index contributed by atoms with van der Waals surface area (Å²) in [4.78, 5) is 19.2. The van der Waals surface area contributed by atoms with E-state index in [1.807, 2.05) is 0 Å². The molecule has 1 saturated heterocycles. The number of aldehydes is 1. The maximum atomic E-state index is 11.2. The lowest BCUT2D eigenvalue weighted by Crippen LogP contribution is -2.31. The molecule has 2 heterocycles. The van der Waals surface area contributed by atoms with Crippen molar-refractivity contribution in [2.75, 3.05) is 11.4 Å². The van der Waals surface area contributed by atoms with Gasteiger partial charge in [0.05, 0.1) is 10.6 Å². The molecule has 1 aliphatic carbocycles. The van der Waals surface area contributed by atoms with Gasteiger partial charge in [0.2, 0.25) is 0 Å². The average molecular weight is 264 g/mol. The fraction of sp³-hybridized carbons (Fsp3) is 0.714. The summed E-state index contributed by atoms with van der Waals surface area (Å²) < 4.78 is 0. The van der Waals surface area contributed by atoms with Gasteiger partial charge >= 0.3 is 0 Å². The topological polar surface area (TPSA) is 33.2 Å². The Hall–Kier alpha value is -0.900. The van der Waals surface area contributed by atoms with Gasteiger partial charge in [0.25, 0.3) is 0 Å². The summed E-state index contributed by atoms with van der Waals surface area (Å²) in [5.74, 6) is 0.858. The van der Waals surface area contributed by atoms with Crippen molar-refractivity contribution in [3.05, 3.63) is 10.6 Å². The number of anilines is 1. The van der Waals surface area contributed by atoms with Gasteiger partial charge < -0.3 is 4.90 Å². The molecule has 1 aromatic heterocycles. The maximum Gasteiger partial charge on any atom is 0.186 e. The van der Waals surface area contributed by atoms with Crippen LogP contribution in [0.3, 0.4) is 0 Å². The van der Waals surface area contributed by atoms with Crippen molar-refractivity contribution in [1.29, 1.82) is 0 Å². The zero-order chi connectivity index (χ0) is 12.9. The van der Waals surface area contributed by atoms with Crippen LogP contribution in [0.15, 0.2) is 0 Å². The molecule has 0 radical (unpaired) electrons. The van der Waals surface area contributed by atoms with Gasteiger partial charge in [-0.3, -0.25) is 4.79 Å². The molecule has 1 aliphatic heterocycles. The lowest BCUT2D eigenvalue weighted by molar-refractivity contribution is 0.112. The van der Waals surface area contributed by atoms with Gasteiger partial charge in [-0.2, -0.15) is 0 Å². The van der Waals surface area contributed by atoms with Gasteiger partial charge in [0.1, 0.15) is 0 Å². The Bertz CT molecular complexity index is 475. The molecule has 0 amide bonds. The second kappa shape index (κ2) is 4.05. The molecule has 3 rings (SSSR count). The lowest BCUT2D eigenvalue weighted by Gasteiger charge is -2.26. The molecular formula is C14H20N2OS. The van der Waals surface area contributed by atoms with Crippen LogP contribution >= 0.6 is 11.3 Å². The third-order valence-corrected chi connectivity index (χ3v) is 5.13. The van der Waals surface area contributed by atoms with Gasteiger partial charge in [0, 0.05) is 18.0 Å². The molecule has 2 bridgehead atoms. The summed E-state index contributed by atoms with van der Waals surface area (Å²) in [6, 6.07) is 0.675. The van der Waals surface area contributed by atoms with Gasteiger partial charge in [0.15, 0.2) is 11.4 Å². The van der Waals surface area contributed by atoms with Crippen LogP contribution in [0.2, 0.25) is 0 Å². The molecule has 2 unspecified atom stereocenters. The van der Waals surface area contributed by atoms with Crippen molar-refractivity contribution in [1.82, 2.24) is 4.98 Å². The number of fused-ring (bicyclic) bond motifs is 2. The Balaban J connectivity index is 1.94. The number of thiazole rings is 1. The third-order valence-electron chi connectivity index (χ3n) is 4.11. The first-order valence-corrected chi connectivity index (χ1v) is 7.54. The quantitative estimate of drug-likeness (QED) is 0.769. The molecule has 0 spiro atoms. The molecule has 0 N–H and O–H groups in total. The van der Waals surface area contributed by atoms with Gasteiger partial charge in [-0.25, -0.2) is 4.98 Å². The van der Waals surface area contributed by atoms with Crippen LogP contribution in [0.5, 0.6) is 0 Å². The molecule has 18 heavy (non-hydrogen) atoms. The summed E-state index contributed by atoms with van der Waals surface area (Å²) in [6.45, 7) is 7.50. The fourth-order valence-corrected chi connectivity index (χ4v) is 4.39. The molecule has 3 nitrogen and oxygen atoms in total. The largest absolute Gasteiger partial charge is 0.345 e. The van der Waals surface area contributed by atoms with Gasteiger partial charge in [-0.15, -0.1) is 0 Å². The van der Waals surface area contributed by atoms with E-state index in [1.165, 1.54) is 19.3 Å². The number of nitrogens with zero attached hydrogens (tertiary/aromatic N) is 2. The first-order chi connectivity index (χ1) is 8.49. The van der Waals surface area contributed by atoms with E-state index in [0.717, 1.165) is 34.5 Å². The van der Waals surface area contributed by atoms with Gasteiger partial charge in [-0.1, -0.05) is 32.1 Å². The highest BCUT2D eigenvalue weighted by Gasteiger charge is 2.39. The van der Waals surface area contributed by atoms with E-state index in [1.54, 1.807) is 11.3 Å². The zero-order valence-corrected chi connectivity index (χ0v) is 12.1. The summed E-state index contributed by atoms with van der Waals surface area (Å²) in [5.41, 5.74) is 0.907. The minimum atomic E-state index is -0.0519. The van der Waals surface area contributed by atoms with Crippen molar-refractivity contribution in [2.24, 2.45) is 5.92 Å². The number of carbonyl (C=O) groups excluding carboxylic acids is 1. The molecule has 4 heteroatoms. The normalized spacial score (nSPS) is 26.9. The molecule has 2 atom stereocenters. The molecule has 1 saturated carbocycles. The Labute approximate surface area is 112 Å². The van der Waals surface area contributed by atoms with Crippen molar-refractivity contribution in [3.8, 4) is 0 Å². The zero-order valence-electron chi connectivity index (χ0n) is 11.3. The van der Waals surface area contributed by atoms with Crippen LogP contribution in [0.1, 0.15) is 55.4 Å². The molecule has 1 aromatic rings. The van der Waals surface area contributed by atoms with E-state index >= 15 is 0 Å². The number of piperidine rings is 1. The Morgan fingerprint density at radius 2 is 2.17 bits per heavy atom. The highest BCUT2D eigenvalue weighted by atomic mass is 32.1. The predicted molar refractivity (Wildman–Crippen MR) is 74.7 cm³/mol. The smallest absolute Gasteiger partial charge is 0.186 e. The standard InChI is InChI=1S/C14H20N2OS/c1-14(2,3)12-11(8-17)18-13(15-12)16-7-9-4-5-10(16)6-9/h8-10H,4-7H2,1-3H3. The summed E-state index contributed by atoms with van der Waals surface area (Å²) >= 11 is 1.57. The van der Waals surface area contributed by atoms with Crippen LogP contribution in [0.25, 0.3) is 0 Å². The minimum Gasteiger partial charge on any atom is -0.345 e. The van der Waals surface area contributed by atoms with E-state index in [-0.39, 0.29) is 5.41 Å². The summed E-state index contributed by atoms with van der Waals surface area (Å²) in [5, 5.41) is 1.06. The molecule has 98 valence electrons. The number of aromatic nitrogens is 1. The van der Waals surface area contributed by atoms with Crippen molar-refractivity contribution >= 4 is 22.8 Å². The highest BCUT2D eigenvalue weighted by molar-refractivity contribution is 7.17. The Kier molecular flexibility index (Phi) is 2.73. The fourth-order valence-electron chi connectivity index (χ4n) is 3.22. The van der Waals surface area contributed by atoms with E-state index in [2.05, 4.69) is 25.7 Å². The van der Waals surface area contributed by atoms with Crippen LogP contribution in [0, 0.1) is 5.92 Å². The molecule has 2 fully saturated rings. The second-order valence-electron chi connectivity index (χ2n) is 6.56. The van der Waals surface area contributed by atoms with Crippen LogP contribution in [0.4, 0.5) is 5.13 Å². The minimum absolute atomic E-state index is 0.0519. The molecular weight excluding hydrogens is 244 g/mol. The maximum absolute atomic E-state index is 11.2. The van der Waals surface area contributed by atoms with Gasteiger partial charge in [-0.05, 0) is 25.2 Å². The number of carbonyl (C=O) groups is 1. The first-order valence-electron chi connectivity index (χ1n) is 6.72. The molecule has 0 aromatic carbocycles. The number of hydrogen-bond donors (Lipinski definition) is 0. The van der Waals surface area contributed by atoms with E-state index in [9.17, 15) is 4.79 Å².